The molecule has 4 heteroatoms. The minimum absolute atomic E-state index is 0.609. The van der Waals surface area contributed by atoms with Gasteiger partial charge < -0.3 is 4.57 Å². The van der Waals surface area contributed by atoms with E-state index in [-0.39, 0.29) is 0 Å². The van der Waals surface area contributed by atoms with Gasteiger partial charge in [0.2, 0.25) is 5.69 Å². The lowest BCUT2D eigenvalue weighted by Crippen LogP contribution is -2.34. The van der Waals surface area contributed by atoms with Gasteiger partial charge in [0.15, 0.2) is 17.6 Å². The molecule has 0 aliphatic rings. The minimum Gasteiger partial charge on any atom is -0.327 e. The molecule has 0 radical (unpaired) electrons. The highest BCUT2D eigenvalue weighted by Crippen LogP contribution is 2.32. The maximum Gasteiger partial charge on any atom is 0.204 e. The van der Waals surface area contributed by atoms with E-state index in [4.69, 9.17) is 11.6 Å². The molecular weight excluding hydrogens is 368 g/mol. The second-order valence-corrected chi connectivity index (χ2v) is 7.65. The number of aromatic nitrogens is 3. The van der Waals surface area contributed by atoms with E-state index in [2.05, 4.69) is 70.4 Å². The molecule has 0 amide bonds. The van der Waals surface area contributed by atoms with Crippen LogP contribution < -0.4 is 4.57 Å². The first-order chi connectivity index (χ1) is 14.6. The largest absolute Gasteiger partial charge is 0.327 e. The Morgan fingerprint density at radius 2 is 1.67 bits per heavy atom. The zero-order chi connectivity index (χ0) is 20.8. The predicted molar refractivity (Wildman–Crippen MR) is 121 cm³/mol. The average Bonchev–Trinajstić information content (AvgIpc) is 3.10. The van der Waals surface area contributed by atoms with Crippen molar-refractivity contribution in [1.29, 1.82) is 0 Å². The number of nitrogens with zero attached hydrogens (tertiary/aromatic N) is 4. The monoisotopic (exact) mass is 389 g/mol. The van der Waals surface area contributed by atoms with E-state index in [1.54, 1.807) is 0 Å². The molecule has 2 heterocycles. The third-order valence-corrected chi connectivity index (χ3v) is 5.79. The number of aryl methyl sites for hydroxylation is 2. The van der Waals surface area contributed by atoms with E-state index < -0.39 is 0 Å². The third kappa shape index (κ3) is 2.75. The Labute approximate surface area is 175 Å². The minimum atomic E-state index is 0.609. The fourth-order valence-electron chi connectivity index (χ4n) is 4.17. The molecule has 0 aliphatic carbocycles. The van der Waals surface area contributed by atoms with Crippen LogP contribution in [0.1, 0.15) is 11.3 Å². The SMILES string of the molecule is [C-]#[N+]c1cc(-c2nc3ccccc3n2C)c(C)c(-[n+]2cc3ccccc3cc2C)c1. The highest BCUT2D eigenvalue weighted by Gasteiger charge is 2.22. The first-order valence-electron chi connectivity index (χ1n) is 9.92. The lowest BCUT2D eigenvalue weighted by molar-refractivity contribution is -0.601. The van der Waals surface area contributed by atoms with Gasteiger partial charge in [-0.1, -0.05) is 30.3 Å². The lowest BCUT2D eigenvalue weighted by atomic mass is 10.0. The Morgan fingerprint density at radius 1 is 0.933 bits per heavy atom. The molecule has 5 rings (SSSR count). The van der Waals surface area contributed by atoms with E-state index in [1.165, 1.54) is 10.8 Å². The van der Waals surface area contributed by atoms with Gasteiger partial charge in [0.05, 0.1) is 17.6 Å². The van der Waals surface area contributed by atoms with Gasteiger partial charge in [-0.2, -0.15) is 4.57 Å². The molecule has 144 valence electrons. The van der Waals surface area contributed by atoms with Gasteiger partial charge in [0, 0.05) is 42.6 Å². The van der Waals surface area contributed by atoms with Crippen molar-refractivity contribution in [3.05, 3.63) is 95.6 Å². The molecule has 0 aliphatic heterocycles. The van der Waals surface area contributed by atoms with Crippen LogP contribution in [0.2, 0.25) is 0 Å². The summed E-state index contributed by atoms with van der Waals surface area (Å²) in [5.41, 5.74) is 6.86. The Morgan fingerprint density at radius 3 is 2.43 bits per heavy atom. The molecule has 0 atom stereocenters. The molecule has 2 aromatic heterocycles. The first kappa shape index (κ1) is 18.1. The Balaban J connectivity index is 1.80. The Hall–Kier alpha value is -3.97. The average molecular weight is 389 g/mol. The van der Waals surface area contributed by atoms with Crippen LogP contribution in [0.5, 0.6) is 0 Å². The zero-order valence-corrected chi connectivity index (χ0v) is 17.2. The van der Waals surface area contributed by atoms with E-state index in [0.717, 1.165) is 39.4 Å². The van der Waals surface area contributed by atoms with Gasteiger partial charge in [-0.25, -0.2) is 9.83 Å². The summed E-state index contributed by atoms with van der Waals surface area (Å²) in [4.78, 5) is 8.64. The molecule has 0 bridgehead atoms. The van der Waals surface area contributed by atoms with Crippen molar-refractivity contribution in [2.45, 2.75) is 13.8 Å². The fourth-order valence-corrected chi connectivity index (χ4v) is 4.17. The van der Waals surface area contributed by atoms with Crippen LogP contribution >= 0.6 is 0 Å². The van der Waals surface area contributed by atoms with Crippen molar-refractivity contribution in [3.8, 4) is 17.1 Å². The van der Waals surface area contributed by atoms with E-state index in [1.807, 2.05) is 37.4 Å². The summed E-state index contributed by atoms with van der Waals surface area (Å²) in [6.07, 6.45) is 2.15. The summed E-state index contributed by atoms with van der Waals surface area (Å²) in [6, 6.07) is 22.6. The second-order valence-electron chi connectivity index (χ2n) is 7.65. The van der Waals surface area contributed by atoms with Crippen LogP contribution in [0.4, 0.5) is 5.69 Å². The van der Waals surface area contributed by atoms with Crippen molar-refractivity contribution < 1.29 is 4.57 Å². The molecule has 0 saturated heterocycles. The molecule has 30 heavy (non-hydrogen) atoms. The maximum atomic E-state index is 7.67. The van der Waals surface area contributed by atoms with Crippen LogP contribution in [-0.4, -0.2) is 9.55 Å². The van der Waals surface area contributed by atoms with E-state index in [0.29, 0.717) is 5.69 Å². The summed E-state index contributed by atoms with van der Waals surface area (Å²) in [5.74, 6) is 0.875. The maximum absolute atomic E-state index is 7.67. The number of pyridine rings is 1. The van der Waals surface area contributed by atoms with E-state index in [9.17, 15) is 0 Å². The molecule has 3 aromatic carbocycles. The summed E-state index contributed by atoms with van der Waals surface area (Å²) in [7, 11) is 2.03. The van der Waals surface area contributed by atoms with Gasteiger partial charge in [-0.15, -0.1) is 0 Å². The van der Waals surface area contributed by atoms with Crippen LogP contribution in [0, 0.1) is 20.4 Å². The number of benzene rings is 3. The zero-order valence-electron chi connectivity index (χ0n) is 17.2. The molecule has 5 aromatic rings. The topological polar surface area (TPSA) is 26.1 Å². The first-order valence-corrected chi connectivity index (χ1v) is 9.92. The third-order valence-electron chi connectivity index (χ3n) is 5.79. The molecule has 0 N–H and O–H groups in total. The van der Waals surface area contributed by atoms with Crippen molar-refractivity contribution in [1.82, 2.24) is 9.55 Å². The van der Waals surface area contributed by atoms with Gasteiger partial charge >= 0.3 is 0 Å². The summed E-state index contributed by atoms with van der Waals surface area (Å²) in [5, 5.41) is 2.38. The molecule has 0 saturated carbocycles. The molecule has 4 nitrogen and oxygen atoms in total. The highest BCUT2D eigenvalue weighted by molar-refractivity contribution is 5.83. The molecule has 0 unspecified atom stereocenters. The van der Waals surface area contributed by atoms with Crippen molar-refractivity contribution >= 4 is 27.5 Å². The number of imidazole rings is 1. The fraction of sp³-hybridized carbons (Fsp3) is 0.115. The number of hydrogen-bond donors (Lipinski definition) is 0. The normalized spacial score (nSPS) is 11.1. The highest BCUT2D eigenvalue weighted by atomic mass is 15.1. The quantitative estimate of drug-likeness (QED) is 0.275. The summed E-state index contributed by atoms with van der Waals surface area (Å²) in [6.45, 7) is 11.9. The summed E-state index contributed by atoms with van der Waals surface area (Å²) >= 11 is 0. The molecule has 0 spiro atoms. The van der Waals surface area contributed by atoms with Crippen molar-refractivity contribution in [2.75, 3.05) is 0 Å². The summed E-state index contributed by atoms with van der Waals surface area (Å²) < 4.78 is 4.28. The van der Waals surface area contributed by atoms with Crippen LogP contribution in [0.25, 0.3) is 43.7 Å². The van der Waals surface area contributed by atoms with Gasteiger partial charge in [-0.05, 0) is 36.6 Å². The Kier molecular flexibility index (Phi) is 4.11. The Bertz CT molecular complexity index is 1490. The van der Waals surface area contributed by atoms with Crippen LogP contribution in [0.15, 0.2) is 72.9 Å². The number of rotatable bonds is 2. The van der Waals surface area contributed by atoms with Gasteiger partial charge in [-0.3, -0.25) is 0 Å². The molecular formula is C26H21N4+. The van der Waals surface area contributed by atoms with Crippen LogP contribution in [-0.2, 0) is 7.05 Å². The lowest BCUT2D eigenvalue weighted by Gasteiger charge is -2.11. The second kappa shape index (κ2) is 6.82. The standard InChI is InChI=1S/C26H21N4/c1-17-13-19-9-5-6-10-20(19)16-30(17)25-15-21(27-3)14-22(18(25)2)26-28-23-11-7-8-12-24(23)29(26)4/h5-16H,1-2,4H3/q+1. The van der Waals surface area contributed by atoms with Crippen molar-refractivity contribution in [2.24, 2.45) is 7.05 Å². The van der Waals surface area contributed by atoms with Gasteiger partial charge in [0.25, 0.3) is 0 Å². The van der Waals surface area contributed by atoms with Gasteiger partial charge in [0.1, 0.15) is 5.82 Å². The number of para-hydroxylation sites is 2. The predicted octanol–water partition coefficient (Wildman–Crippen LogP) is 5.84. The molecule has 0 fully saturated rings. The van der Waals surface area contributed by atoms with Crippen molar-refractivity contribution in [3.63, 3.8) is 0 Å². The van der Waals surface area contributed by atoms with E-state index >= 15 is 0 Å². The smallest absolute Gasteiger partial charge is 0.204 e. The number of fused-ring (bicyclic) bond motifs is 2. The van der Waals surface area contributed by atoms with Crippen LogP contribution in [0.3, 0.4) is 0 Å². The number of hydrogen-bond acceptors (Lipinski definition) is 1.